The Bertz CT molecular complexity index is 224. The zero-order chi connectivity index (χ0) is 10.7. The van der Waals surface area contributed by atoms with E-state index in [0.717, 1.165) is 26.1 Å². The second-order valence-corrected chi connectivity index (χ2v) is 4.95. The molecule has 2 aliphatic rings. The third-order valence-corrected chi connectivity index (χ3v) is 3.59. The molecule has 2 atom stereocenters. The van der Waals surface area contributed by atoms with Crippen molar-refractivity contribution in [3.8, 4) is 0 Å². The average Bonchev–Trinajstić information content (AvgIpc) is 2.79. The molecule has 2 heterocycles. The van der Waals surface area contributed by atoms with Gasteiger partial charge in [0, 0.05) is 25.6 Å². The van der Waals surface area contributed by atoms with E-state index in [-0.39, 0.29) is 0 Å². The van der Waals surface area contributed by atoms with Crippen LogP contribution in [-0.2, 0) is 4.79 Å². The molecule has 2 saturated heterocycles. The molecule has 0 aromatic heterocycles. The summed E-state index contributed by atoms with van der Waals surface area (Å²) in [6, 6.07) is 0.564. The van der Waals surface area contributed by atoms with Crippen LogP contribution in [0.2, 0.25) is 0 Å². The number of amides is 1. The van der Waals surface area contributed by atoms with Crippen molar-refractivity contribution < 1.29 is 4.79 Å². The van der Waals surface area contributed by atoms with Crippen molar-refractivity contribution in [3.63, 3.8) is 0 Å². The Morgan fingerprint density at radius 3 is 3.07 bits per heavy atom. The highest BCUT2D eigenvalue weighted by Gasteiger charge is 2.30. The van der Waals surface area contributed by atoms with E-state index in [4.69, 9.17) is 0 Å². The van der Waals surface area contributed by atoms with E-state index >= 15 is 0 Å². The molecule has 0 aromatic carbocycles. The van der Waals surface area contributed by atoms with Crippen molar-refractivity contribution in [2.75, 3.05) is 19.6 Å². The minimum atomic E-state index is 0.377. The molecule has 3 heteroatoms. The number of carbonyl (C=O) groups is 1. The number of nitrogens with zero attached hydrogens (tertiary/aromatic N) is 1. The Morgan fingerprint density at radius 1 is 1.53 bits per heavy atom. The number of hydrogen-bond donors (Lipinski definition) is 1. The Kier molecular flexibility index (Phi) is 3.62. The van der Waals surface area contributed by atoms with Crippen LogP contribution in [0.5, 0.6) is 0 Å². The number of hydrogen-bond acceptors (Lipinski definition) is 2. The second kappa shape index (κ2) is 4.97. The predicted octanol–water partition coefficient (Wildman–Crippen LogP) is 1.39. The van der Waals surface area contributed by atoms with E-state index in [1.807, 2.05) is 0 Å². The fraction of sp³-hybridized carbons (Fsp3) is 0.917. The van der Waals surface area contributed by atoms with Crippen molar-refractivity contribution in [3.05, 3.63) is 0 Å². The third kappa shape index (κ3) is 2.71. The van der Waals surface area contributed by atoms with Gasteiger partial charge < -0.3 is 10.2 Å². The molecule has 86 valence electrons. The molecule has 0 bridgehead atoms. The van der Waals surface area contributed by atoms with Gasteiger partial charge in [-0.1, -0.05) is 13.3 Å². The number of nitrogens with one attached hydrogen (secondary N) is 1. The topological polar surface area (TPSA) is 32.3 Å². The van der Waals surface area contributed by atoms with Crippen LogP contribution in [0.15, 0.2) is 0 Å². The standard InChI is InChI=1S/C12H22N2O/c1-2-4-10-7-12(15)14(8-10)9-11-5-3-6-13-11/h10-11,13H,2-9H2,1H3/t10?,11-/m0/s1. The van der Waals surface area contributed by atoms with Gasteiger partial charge in [-0.3, -0.25) is 4.79 Å². The van der Waals surface area contributed by atoms with E-state index in [0.29, 0.717) is 17.9 Å². The fourth-order valence-electron chi connectivity index (χ4n) is 2.81. The molecule has 1 N–H and O–H groups in total. The molecular formula is C12H22N2O. The maximum Gasteiger partial charge on any atom is 0.222 e. The minimum absolute atomic E-state index is 0.377. The molecule has 2 fully saturated rings. The van der Waals surface area contributed by atoms with Gasteiger partial charge in [-0.25, -0.2) is 0 Å². The fourth-order valence-corrected chi connectivity index (χ4v) is 2.81. The predicted molar refractivity (Wildman–Crippen MR) is 60.6 cm³/mol. The largest absolute Gasteiger partial charge is 0.341 e. The zero-order valence-electron chi connectivity index (χ0n) is 9.67. The molecule has 15 heavy (non-hydrogen) atoms. The van der Waals surface area contributed by atoms with Gasteiger partial charge in [0.15, 0.2) is 0 Å². The Morgan fingerprint density at radius 2 is 2.40 bits per heavy atom. The molecule has 0 aromatic rings. The quantitative estimate of drug-likeness (QED) is 0.760. The van der Waals surface area contributed by atoms with Gasteiger partial charge in [-0.2, -0.15) is 0 Å². The van der Waals surface area contributed by atoms with Crippen LogP contribution < -0.4 is 5.32 Å². The SMILES string of the molecule is CCCC1CC(=O)N(C[C@@H]2CCCN2)C1. The summed E-state index contributed by atoms with van der Waals surface area (Å²) in [5, 5.41) is 3.46. The minimum Gasteiger partial charge on any atom is -0.341 e. The maximum atomic E-state index is 11.7. The number of likely N-dealkylation sites (tertiary alicyclic amines) is 1. The summed E-state index contributed by atoms with van der Waals surface area (Å²) in [5.74, 6) is 1.01. The van der Waals surface area contributed by atoms with Crippen LogP contribution in [-0.4, -0.2) is 36.5 Å². The van der Waals surface area contributed by atoms with Crippen LogP contribution in [0.4, 0.5) is 0 Å². The van der Waals surface area contributed by atoms with E-state index in [1.165, 1.54) is 25.7 Å². The first kappa shape index (κ1) is 10.9. The van der Waals surface area contributed by atoms with Crippen LogP contribution in [0.1, 0.15) is 39.0 Å². The first-order valence-electron chi connectivity index (χ1n) is 6.30. The third-order valence-electron chi connectivity index (χ3n) is 3.59. The molecule has 0 spiro atoms. The van der Waals surface area contributed by atoms with Crippen LogP contribution in [0.25, 0.3) is 0 Å². The Hall–Kier alpha value is -0.570. The second-order valence-electron chi connectivity index (χ2n) is 4.95. The summed E-state index contributed by atoms with van der Waals surface area (Å²) in [4.78, 5) is 13.8. The summed E-state index contributed by atoms with van der Waals surface area (Å²) in [6.45, 7) is 5.28. The summed E-state index contributed by atoms with van der Waals surface area (Å²) in [7, 11) is 0. The smallest absolute Gasteiger partial charge is 0.222 e. The normalized spacial score (nSPS) is 31.5. The summed E-state index contributed by atoms with van der Waals surface area (Å²) in [6.07, 6.45) is 5.71. The van der Waals surface area contributed by atoms with Crippen molar-refractivity contribution in [2.45, 2.75) is 45.1 Å². The molecule has 1 unspecified atom stereocenters. The number of carbonyl (C=O) groups excluding carboxylic acids is 1. The maximum absolute atomic E-state index is 11.7. The molecule has 1 amide bonds. The molecule has 0 saturated carbocycles. The van der Waals surface area contributed by atoms with Gasteiger partial charge in [0.25, 0.3) is 0 Å². The van der Waals surface area contributed by atoms with Crippen molar-refractivity contribution in [1.82, 2.24) is 10.2 Å². The molecule has 3 nitrogen and oxygen atoms in total. The van der Waals surface area contributed by atoms with Crippen LogP contribution >= 0.6 is 0 Å². The summed E-state index contributed by atoms with van der Waals surface area (Å²) >= 11 is 0. The Labute approximate surface area is 92.2 Å². The van der Waals surface area contributed by atoms with E-state index in [1.54, 1.807) is 0 Å². The summed E-state index contributed by atoms with van der Waals surface area (Å²) in [5.41, 5.74) is 0. The van der Waals surface area contributed by atoms with E-state index in [9.17, 15) is 4.79 Å². The van der Waals surface area contributed by atoms with Gasteiger partial charge in [0.1, 0.15) is 0 Å². The first-order valence-corrected chi connectivity index (χ1v) is 6.30. The van der Waals surface area contributed by atoms with E-state index < -0.39 is 0 Å². The molecule has 2 aliphatic heterocycles. The highest BCUT2D eigenvalue weighted by molar-refractivity contribution is 5.78. The van der Waals surface area contributed by atoms with Crippen molar-refractivity contribution in [1.29, 1.82) is 0 Å². The van der Waals surface area contributed by atoms with Gasteiger partial charge in [-0.15, -0.1) is 0 Å². The van der Waals surface area contributed by atoms with Gasteiger partial charge in [0.2, 0.25) is 5.91 Å². The molecule has 0 aliphatic carbocycles. The Balaban J connectivity index is 1.79. The first-order chi connectivity index (χ1) is 7.29. The highest BCUT2D eigenvalue weighted by Crippen LogP contribution is 2.23. The summed E-state index contributed by atoms with van der Waals surface area (Å²) < 4.78 is 0. The van der Waals surface area contributed by atoms with E-state index in [2.05, 4.69) is 17.1 Å². The van der Waals surface area contributed by atoms with Crippen molar-refractivity contribution in [2.24, 2.45) is 5.92 Å². The number of rotatable bonds is 4. The lowest BCUT2D eigenvalue weighted by atomic mass is 10.0. The molecule has 0 radical (unpaired) electrons. The van der Waals surface area contributed by atoms with Gasteiger partial charge in [-0.05, 0) is 31.7 Å². The monoisotopic (exact) mass is 210 g/mol. The van der Waals surface area contributed by atoms with Crippen molar-refractivity contribution >= 4 is 5.91 Å². The lowest BCUT2D eigenvalue weighted by molar-refractivity contribution is -0.128. The lowest BCUT2D eigenvalue weighted by Crippen LogP contribution is -2.38. The average molecular weight is 210 g/mol. The highest BCUT2D eigenvalue weighted by atomic mass is 16.2. The zero-order valence-corrected chi connectivity index (χ0v) is 9.67. The van der Waals surface area contributed by atoms with Crippen LogP contribution in [0, 0.1) is 5.92 Å². The van der Waals surface area contributed by atoms with Gasteiger partial charge >= 0.3 is 0 Å². The lowest BCUT2D eigenvalue weighted by Gasteiger charge is -2.21. The van der Waals surface area contributed by atoms with Gasteiger partial charge in [0.05, 0.1) is 0 Å². The molecular weight excluding hydrogens is 188 g/mol. The van der Waals surface area contributed by atoms with Crippen LogP contribution in [0.3, 0.4) is 0 Å². The molecule has 2 rings (SSSR count).